The Bertz CT molecular complexity index is 788. The van der Waals surface area contributed by atoms with Crippen molar-refractivity contribution in [3.63, 3.8) is 0 Å². The van der Waals surface area contributed by atoms with Crippen LogP contribution >= 0.6 is 24.8 Å². The number of methoxy groups -OCH3 is 1. The van der Waals surface area contributed by atoms with Gasteiger partial charge in [-0.2, -0.15) is 0 Å². The highest BCUT2D eigenvalue weighted by Crippen LogP contribution is 2.25. The van der Waals surface area contributed by atoms with Crippen LogP contribution < -0.4 is 16.4 Å². The smallest absolute Gasteiger partial charge is 0.259 e. The molecule has 1 aliphatic rings. The van der Waals surface area contributed by atoms with E-state index in [0.29, 0.717) is 56.4 Å². The highest BCUT2D eigenvalue weighted by molar-refractivity contribution is 5.98. The van der Waals surface area contributed by atoms with Crippen LogP contribution in [0.3, 0.4) is 0 Å². The minimum absolute atomic E-state index is 0. The number of hydrogen-bond acceptors (Lipinski definition) is 7. The monoisotopic (exact) mass is 520 g/mol. The molecule has 34 heavy (non-hydrogen) atoms. The normalized spacial score (nSPS) is 18.0. The summed E-state index contributed by atoms with van der Waals surface area (Å²) in [6.45, 7) is 13.3. The van der Waals surface area contributed by atoms with Crippen LogP contribution in [0.25, 0.3) is 0 Å². The van der Waals surface area contributed by atoms with E-state index in [1.807, 2.05) is 25.7 Å². The van der Waals surface area contributed by atoms with E-state index in [4.69, 9.17) is 15.5 Å². The number of ether oxygens (including phenoxy) is 1. The first kappa shape index (κ1) is 32.3. The van der Waals surface area contributed by atoms with Gasteiger partial charge in [0.05, 0.1) is 5.92 Å². The van der Waals surface area contributed by atoms with E-state index in [0.717, 1.165) is 6.42 Å². The van der Waals surface area contributed by atoms with Crippen LogP contribution in [0, 0.1) is 11.8 Å². The SMILES string of the molecule is COCCCNc1nc(C(C)(C)C)ncc1C(=O)N(CC(C)C)[C@@H]1CNC[C@H](C(N)=O)C1.Cl.Cl. The van der Waals surface area contributed by atoms with E-state index in [9.17, 15) is 9.59 Å². The molecular weight excluding hydrogens is 479 g/mol. The number of amides is 2. The number of nitrogens with two attached hydrogens (primary N) is 1. The molecule has 196 valence electrons. The van der Waals surface area contributed by atoms with E-state index >= 15 is 0 Å². The van der Waals surface area contributed by atoms with Gasteiger partial charge in [0.1, 0.15) is 17.2 Å². The van der Waals surface area contributed by atoms with Gasteiger partial charge in [-0.15, -0.1) is 24.8 Å². The Morgan fingerprint density at radius 3 is 2.53 bits per heavy atom. The summed E-state index contributed by atoms with van der Waals surface area (Å²) in [5.74, 6) is 0.716. The Morgan fingerprint density at radius 2 is 1.97 bits per heavy atom. The molecule has 2 atom stereocenters. The van der Waals surface area contributed by atoms with E-state index in [1.165, 1.54) is 0 Å². The van der Waals surface area contributed by atoms with Crippen molar-refractivity contribution in [1.29, 1.82) is 0 Å². The molecule has 0 unspecified atom stereocenters. The fourth-order valence-electron chi connectivity index (χ4n) is 3.78. The minimum Gasteiger partial charge on any atom is -0.385 e. The van der Waals surface area contributed by atoms with Crippen LogP contribution in [-0.2, 0) is 14.9 Å². The second kappa shape index (κ2) is 14.7. The lowest BCUT2D eigenvalue weighted by atomic mass is 9.93. The fourth-order valence-corrected chi connectivity index (χ4v) is 3.78. The topological polar surface area (TPSA) is 122 Å². The summed E-state index contributed by atoms with van der Waals surface area (Å²) in [6.07, 6.45) is 2.98. The number of rotatable bonds is 10. The Morgan fingerprint density at radius 1 is 1.29 bits per heavy atom. The first-order valence-corrected chi connectivity index (χ1v) is 11.5. The quantitative estimate of drug-likeness (QED) is 0.405. The van der Waals surface area contributed by atoms with Gasteiger partial charge in [0.2, 0.25) is 5.91 Å². The largest absolute Gasteiger partial charge is 0.385 e. The van der Waals surface area contributed by atoms with Crippen molar-refractivity contribution < 1.29 is 14.3 Å². The number of nitrogens with one attached hydrogen (secondary N) is 2. The van der Waals surface area contributed by atoms with Crippen molar-refractivity contribution in [2.45, 2.75) is 58.9 Å². The zero-order valence-corrected chi connectivity index (χ0v) is 22.9. The van der Waals surface area contributed by atoms with Crippen molar-refractivity contribution in [3.05, 3.63) is 17.6 Å². The van der Waals surface area contributed by atoms with Crippen molar-refractivity contribution >= 4 is 42.4 Å². The number of carbonyl (C=O) groups excluding carboxylic acids is 2. The molecule has 2 rings (SSSR count). The van der Waals surface area contributed by atoms with E-state index < -0.39 is 0 Å². The number of carbonyl (C=O) groups is 2. The Kier molecular flexibility index (Phi) is 13.9. The molecule has 2 heterocycles. The van der Waals surface area contributed by atoms with Crippen molar-refractivity contribution in [3.8, 4) is 0 Å². The first-order chi connectivity index (χ1) is 15.0. The summed E-state index contributed by atoms with van der Waals surface area (Å²) in [7, 11) is 1.67. The van der Waals surface area contributed by atoms with Crippen molar-refractivity contribution in [2.75, 3.05) is 45.2 Å². The molecule has 9 nitrogen and oxygen atoms in total. The van der Waals surface area contributed by atoms with E-state index in [-0.39, 0.29) is 59.9 Å². The highest BCUT2D eigenvalue weighted by atomic mass is 35.5. The number of halogens is 2. The lowest BCUT2D eigenvalue weighted by Gasteiger charge is -2.38. The Labute approximate surface area is 216 Å². The standard InChI is InChI=1S/C23H40N6O3.2ClH/c1-15(2)14-29(17-10-16(19(24)30)11-25-12-17)21(31)18-13-27-22(23(3,4)5)28-20(18)26-8-7-9-32-6;;/h13,15-17,25H,7-12,14H2,1-6H3,(H2,24,30)(H,26,27,28);2*1H/t16-,17+;;/m1../s1. The van der Waals surface area contributed by atoms with Crippen LogP contribution in [0.15, 0.2) is 6.20 Å². The van der Waals surface area contributed by atoms with Crippen LogP contribution in [0.5, 0.6) is 0 Å². The summed E-state index contributed by atoms with van der Waals surface area (Å²) in [5, 5.41) is 6.57. The summed E-state index contributed by atoms with van der Waals surface area (Å²) < 4.78 is 5.13. The molecule has 1 fully saturated rings. The van der Waals surface area contributed by atoms with Crippen molar-refractivity contribution in [2.24, 2.45) is 17.6 Å². The molecule has 0 saturated carbocycles. The lowest BCUT2D eigenvalue weighted by Crippen LogP contribution is -2.54. The molecule has 0 bridgehead atoms. The summed E-state index contributed by atoms with van der Waals surface area (Å²) in [5.41, 5.74) is 5.75. The number of anilines is 1. The lowest BCUT2D eigenvalue weighted by molar-refractivity contribution is -0.122. The van der Waals surface area contributed by atoms with Crippen LogP contribution in [0.4, 0.5) is 5.82 Å². The fraction of sp³-hybridized carbons (Fsp3) is 0.739. The molecule has 0 radical (unpaired) electrons. The molecule has 1 saturated heterocycles. The van der Waals surface area contributed by atoms with Gasteiger partial charge in [-0.05, 0) is 18.8 Å². The summed E-state index contributed by atoms with van der Waals surface area (Å²) in [4.78, 5) is 36.6. The van der Waals surface area contributed by atoms with Gasteiger partial charge in [-0.25, -0.2) is 9.97 Å². The maximum absolute atomic E-state index is 13.8. The highest BCUT2D eigenvalue weighted by Gasteiger charge is 2.34. The van der Waals surface area contributed by atoms with Gasteiger partial charge in [0, 0.05) is 57.5 Å². The molecule has 2 amide bonds. The van der Waals surface area contributed by atoms with Crippen LogP contribution in [-0.4, -0.2) is 72.6 Å². The van der Waals surface area contributed by atoms with Crippen molar-refractivity contribution in [1.82, 2.24) is 20.2 Å². The molecule has 1 aromatic rings. The molecule has 11 heteroatoms. The molecule has 1 aromatic heterocycles. The van der Waals surface area contributed by atoms with Gasteiger partial charge >= 0.3 is 0 Å². The Hall–Kier alpha value is -1.68. The molecule has 0 spiro atoms. The molecule has 1 aliphatic heterocycles. The van der Waals surface area contributed by atoms with Crippen LogP contribution in [0.2, 0.25) is 0 Å². The maximum atomic E-state index is 13.8. The number of hydrogen-bond donors (Lipinski definition) is 3. The minimum atomic E-state index is -0.336. The molecule has 0 aromatic carbocycles. The number of nitrogens with zero attached hydrogens (tertiary/aromatic N) is 3. The first-order valence-electron chi connectivity index (χ1n) is 11.5. The third-order valence-corrected chi connectivity index (χ3v) is 5.50. The zero-order valence-electron chi connectivity index (χ0n) is 21.2. The van der Waals surface area contributed by atoms with E-state index in [1.54, 1.807) is 13.3 Å². The Balaban J connectivity index is 0.00000544. The average Bonchev–Trinajstić information content (AvgIpc) is 2.73. The van der Waals surface area contributed by atoms with Gasteiger partial charge < -0.3 is 26.0 Å². The number of piperidine rings is 1. The summed E-state index contributed by atoms with van der Waals surface area (Å²) in [6, 6.07) is -0.125. The number of primary amides is 1. The average molecular weight is 522 g/mol. The molecule has 0 aliphatic carbocycles. The van der Waals surface area contributed by atoms with Gasteiger partial charge in [-0.3, -0.25) is 9.59 Å². The molecule has 4 N–H and O–H groups in total. The van der Waals surface area contributed by atoms with Gasteiger partial charge in [0.15, 0.2) is 0 Å². The van der Waals surface area contributed by atoms with Crippen LogP contribution in [0.1, 0.15) is 63.6 Å². The predicted molar refractivity (Wildman–Crippen MR) is 140 cm³/mol. The summed E-state index contributed by atoms with van der Waals surface area (Å²) >= 11 is 0. The van der Waals surface area contributed by atoms with Gasteiger partial charge in [0.25, 0.3) is 5.91 Å². The predicted octanol–water partition coefficient (Wildman–Crippen LogP) is 2.63. The second-order valence-corrected chi connectivity index (χ2v) is 9.98. The zero-order chi connectivity index (χ0) is 23.9. The molecular formula is C23H42Cl2N6O3. The second-order valence-electron chi connectivity index (χ2n) is 9.98. The van der Waals surface area contributed by atoms with Gasteiger partial charge in [-0.1, -0.05) is 34.6 Å². The third kappa shape index (κ3) is 9.17. The van der Waals surface area contributed by atoms with E-state index in [2.05, 4.69) is 29.5 Å². The maximum Gasteiger partial charge on any atom is 0.259 e. The third-order valence-electron chi connectivity index (χ3n) is 5.50. The number of aromatic nitrogens is 2.